The Kier molecular flexibility index (Phi) is 6.39. The molecule has 0 aliphatic carbocycles. The Balaban J connectivity index is 1.22. The van der Waals surface area contributed by atoms with E-state index in [2.05, 4.69) is 10.3 Å². The molecule has 2 aliphatic heterocycles. The largest absolute Gasteiger partial charge is 0.483 e. The van der Waals surface area contributed by atoms with Crippen LogP contribution in [0.3, 0.4) is 0 Å². The van der Waals surface area contributed by atoms with E-state index in [4.69, 9.17) is 9.47 Å². The number of fused-ring (bicyclic) bond motifs is 1. The van der Waals surface area contributed by atoms with Gasteiger partial charge in [0.05, 0.1) is 0 Å². The van der Waals surface area contributed by atoms with Crippen LogP contribution < -0.4 is 14.8 Å². The summed E-state index contributed by atoms with van der Waals surface area (Å²) < 4.78 is 38.6. The van der Waals surface area contributed by atoms with Crippen molar-refractivity contribution in [2.24, 2.45) is 5.92 Å². The number of hydrogen-bond donors (Lipinski definition) is 1. The summed E-state index contributed by atoms with van der Waals surface area (Å²) in [4.78, 5) is 16.4. The molecule has 0 radical (unpaired) electrons. The molecule has 1 fully saturated rings. The fourth-order valence-electron chi connectivity index (χ4n) is 4.16. The third kappa shape index (κ3) is 5.05. The van der Waals surface area contributed by atoms with Crippen LogP contribution in [0.15, 0.2) is 47.6 Å². The molecule has 4 rings (SSSR count). The Morgan fingerprint density at radius 3 is 2.75 bits per heavy atom. The first kappa shape index (κ1) is 22.5. The van der Waals surface area contributed by atoms with Crippen LogP contribution in [0.4, 0.5) is 0 Å². The topological polar surface area (TPSA) is 97.8 Å². The lowest BCUT2D eigenvalue weighted by molar-refractivity contribution is -0.123. The summed E-state index contributed by atoms with van der Waals surface area (Å²) >= 11 is 0. The minimum atomic E-state index is -3.52. The van der Waals surface area contributed by atoms with Crippen molar-refractivity contribution < 1.29 is 22.7 Å². The summed E-state index contributed by atoms with van der Waals surface area (Å²) in [5.74, 6) is 1.32. The van der Waals surface area contributed by atoms with Crippen LogP contribution in [-0.4, -0.2) is 55.5 Å². The number of nitrogens with zero attached hydrogens (tertiary/aromatic N) is 2. The summed E-state index contributed by atoms with van der Waals surface area (Å²) in [6.07, 6.45) is 5.11. The van der Waals surface area contributed by atoms with Crippen molar-refractivity contribution in [1.82, 2.24) is 14.6 Å². The Hall–Kier alpha value is -2.65. The number of aromatic nitrogens is 1. The molecule has 0 atom stereocenters. The Morgan fingerprint density at radius 1 is 1.25 bits per heavy atom. The molecule has 172 valence electrons. The maximum atomic E-state index is 12.7. The number of sulfonamides is 1. The van der Waals surface area contributed by atoms with E-state index < -0.39 is 10.0 Å². The molecule has 2 aliphatic rings. The fourth-order valence-corrected chi connectivity index (χ4v) is 5.59. The van der Waals surface area contributed by atoms with E-state index in [9.17, 15) is 13.2 Å². The van der Waals surface area contributed by atoms with Gasteiger partial charge in [-0.1, -0.05) is 12.1 Å². The summed E-state index contributed by atoms with van der Waals surface area (Å²) in [5, 5.41) is 2.91. The Bertz CT molecular complexity index is 1060. The summed E-state index contributed by atoms with van der Waals surface area (Å²) in [7, 11) is -3.52. The van der Waals surface area contributed by atoms with Gasteiger partial charge in [0.25, 0.3) is 5.91 Å². The zero-order valence-electron chi connectivity index (χ0n) is 18.4. The van der Waals surface area contributed by atoms with Crippen molar-refractivity contribution in [3.05, 3.63) is 48.3 Å². The summed E-state index contributed by atoms with van der Waals surface area (Å²) in [6, 6.07) is 8.91. The van der Waals surface area contributed by atoms with Crippen molar-refractivity contribution in [3.8, 4) is 11.5 Å². The van der Waals surface area contributed by atoms with Gasteiger partial charge in [-0.15, -0.1) is 0 Å². The summed E-state index contributed by atoms with van der Waals surface area (Å²) in [6.45, 7) is 5.32. The molecule has 9 heteroatoms. The van der Waals surface area contributed by atoms with E-state index >= 15 is 0 Å². The molecule has 1 aromatic heterocycles. The van der Waals surface area contributed by atoms with E-state index in [1.54, 1.807) is 18.3 Å². The van der Waals surface area contributed by atoms with E-state index in [0.29, 0.717) is 44.0 Å². The van der Waals surface area contributed by atoms with E-state index in [1.807, 2.05) is 32.0 Å². The first-order valence-corrected chi connectivity index (χ1v) is 12.3. The molecular formula is C23H29N3O5S. The number of pyridine rings is 1. The number of nitrogens with one attached hydrogen (secondary N) is 1. The second-order valence-corrected chi connectivity index (χ2v) is 10.8. The molecule has 32 heavy (non-hydrogen) atoms. The van der Waals surface area contributed by atoms with Gasteiger partial charge in [0.1, 0.15) is 10.5 Å². The molecular weight excluding hydrogens is 430 g/mol. The molecule has 1 N–H and O–H groups in total. The fraction of sp³-hybridized carbons (Fsp3) is 0.478. The van der Waals surface area contributed by atoms with Gasteiger partial charge in [-0.05, 0) is 50.8 Å². The highest BCUT2D eigenvalue weighted by Crippen LogP contribution is 2.41. The maximum Gasteiger partial charge on any atom is 0.257 e. The molecule has 2 aromatic rings. The van der Waals surface area contributed by atoms with Crippen molar-refractivity contribution >= 4 is 15.9 Å². The molecule has 1 aromatic carbocycles. The van der Waals surface area contributed by atoms with Gasteiger partial charge in [-0.3, -0.25) is 9.78 Å². The van der Waals surface area contributed by atoms with Gasteiger partial charge in [0.2, 0.25) is 10.0 Å². The Labute approximate surface area is 189 Å². The number of hydrogen-bond acceptors (Lipinski definition) is 6. The number of carbonyl (C=O) groups excluding carboxylic acids is 1. The molecule has 0 saturated carbocycles. The van der Waals surface area contributed by atoms with Crippen molar-refractivity contribution in [3.63, 3.8) is 0 Å². The number of piperidine rings is 1. The third-order valence-corrected chi connectivity index (χ3v) is 7.73. The van der Waals surface area contributed by atoms with Crippen molar-refractivity contribution in [2.45, 2.75) is 43.6 Å². The summed E-state index contributed by atoms with van der Waals surface area (Å²) in [5.41, 5.74) is 0.810. The van der Waals surface area contributed by atoms with Crippen LogP contribution in [0.25, 0.3) is 0 Å². The SMILES string of the molecule is CC1(C)Cc2cccc(OCC(=O)NCC3CCN(S(=O)(=O)c4cccnc4)CC3)c2O1. The van der Waals surface area contributed by atoms with E-state index in [0.717, 1.165) is 12.0 Å². The Morgan fingerprint density at radius 2 is 2.03 bits per heavy atom. The van der Waals surface area contributed by atoms with Gasteiger partial charge < -0.3 is 14.8 Å². The maximum absolute atomic E-state index is 12.7. The average molecular weight is 460 g/mol. The van der Waals surface area contributed by atoms with Gasteiger partial charge in [0, 0.05) is 44.0 Å². The lowest BCUT2D eigenvalue weighted by atomic mass is 9.98. The molecule has 3 heterocycles. The normalized spacial score (nSPS) is 18.6. The lowest BCUT2D eigenvalue weighted by Gasteiger charge is -2.31. The predicted molar refractivity (Wildman–Crippen MR) is 119 cm³/mol. The molecule has 1 amide bonds. The molecule has 8 nitrogen and oxygen atoms in total. The number of carbonyl (C=O) groups is 1. The number of para-hydroxylation sites is 1. The van der Waals surface area contributed by atoms with Crippen LogP contribution in [0.2, 0.25) is 0 Å². The monoisotopic (exact) mass is 459 g/mol. The van der Waals surface area contributed by atoms with Crippen LogP contribution >= 0.6 is 0 Å². The lowest BCUT2D eigenvalue weighted by Crippen LogP contribution is -2.42. The molecule has 0 spiro atoms. The van der Waals surface area contributed by atoms with Crippen LogP contribution in [-0.2, 0) is 21.2 Å². The van der Waals surface area contributed by atoms with Crippen LogP contribution in [0.5, 0.6) is 11.5 Å². The van der Waals surface area contributed by atoms with Gasteiger partial charge in [0.15, 0.2) is 18.1 Å². The van der Waals surface area contributed by atoms with E-state index in [-0.39, 0.29) is 28.9 Å². The smallest absolute Gasteiger partial charge is 0.257 e. The predicted octanol–water partition coefficient (Wildman–Crippen LogP) is 2.39. The second-order valence-electron chi connectivity index (χ2n) is 8.91. The van der Waals surface area contributed by atoms with Crippen LogP contribution in [0.1, 0.15) is 32.3 Å². The number of benzene rings is 1. The zero-order valence-corrected chi connectivity index (χ0v) is 19.2. The average Bonchev–Trinajstić information content (AvgIpc) is 3.11. The van der Waals surface area contributed by atoms with Gasteiger partial charge in [-0.2, -0.15) is 4.31 Å². The molecule has 0 bridgehead atoms. The van der Waals surface area contributed by atoms with Gasteiger partial charge >= 0.3 is 0 Å². The highest BCUT2D eigenvalue weighted by molar-refractivity contribution is 7.89. The molecule has 1 saturated heterocycles. The number of ether oxygens (including phenoxy) is 2. The quantitative estimate of drug-likeness (QED) is 0.683. The standard InChI is InChI=1S/C23H29N3O5S/c1-23(2)13-18-5-3-7-20(22(18)31-23)30-16-21(27)25-14-17-8-11-26(12-9-17)32(28,29)19-6-4-10-24-15-19/h3-7,10,15,17H,8-9,11-14,16H2,1-2H3,(H,25,27). The number of amides is 1. The minimum Gasteiger partial charge on any atom is -0.483 e. The third-order valence-electron chi connectivity index (χ3n) is 5.85. The number of rotatable bonds is 7. The zero-order chi connectivity index (χ0) is 22.8. The van der Waals surface area contributed by atoms with Crippen LogP contribution in [0, 0.1) is 5.92 Å². The second kappa shape index (κ2) is 9.07. The molecule has 0 unspecified atom stereocenters. The highest BCUT2D eigenvalue weighted by Gasteiger charge is 2.32. The van der Waals surface area contributed by atoms with Crippen molar-refractivity contribution in [1.29, 1.82) is 0 Å². The minimum absolute atomic E-state index is 0.0888. The van der Waals surface area contributed by atoms with E-state index in [1.165, 1.54) is 10.5 Å². The highest BCUT2D eigenvalue weighted by atomic mass is 32.2. The van der Waals surface area contributed by atoms with Crippen molar-refractivity contribution in [2.75, 3.05) is 26.2 Å². The first-order chi connectivity index (χ1) is 15.2. The first-order valence-electron chi connectivity index (χ1n) is 10.9. The van der Waals surface area contributed by atoms with Gasteiger partial charge in [-0.25, -0.2) is 8.42 Å².